The first-order chi connectivity index (χ1) is 16.2. The first-order valence-corrected chi connectivity index (χ1v) is 9.83. The molecule has 4 rings (SSSR count). The van der Waals surface area contributed by atoms with Crippen molar-refractivity contribution in [2.45, 2.75) is 12.2 Å². The number of aliphatic carboxylic acids is 1. The monoisotopic (exact) mass is 472 g/mol. The summed E-state index contributed by atoms with van der Waals surface area (Å²) in [5.41, 5.74) is 0.528. The molecule has 1 atom stereocenters. The van der Waals surface area contributed by atoms with Crippen molar-refractivity contribution in [3.8, 4) is 17.5 Å². The van der Waals surface area contributed by atoms with Crippen molar-refractivity contribution in [3.05, 3.63) is 59.6 Å². The number of halogens is 3. The zero-order chi connectivity index (χ0) is 24.5. The Balaban J connectivity index is 1.55. The molecule has 0 saturated carbocycles. The van der Waals surface area contributed by atoms with E-state index in [0.29, 0.717) is 11.4 Å². The lowest BCUT2D eigenvalue weighted by Gasteiger charge is -2.39. The maximum absolute atomic E-state index is 13.1. The van der Waals surface area contributed by atoms with Gasteiger partial charge in [0.2, 0.25) is 5.82 Å². The summed E-state index contributed by atoms with van der Waals surface area (Å²) in [5.74, 6) is -3.24. The third kappa shape index (κ3) is 4.51. The number of carbonyl (C=O) groups is 2. The number of nitrogens with zero attached hydrogens (tertiary/aromatic N) is 6. The van der Waals surface area contributed by atoms with E-state index in [4.69, 9.17) is 5.26 Å². The molecular formula is C21H15F3N6O4. The Bertz CT molecular complexity index is 1270. The summed E-state index contributed by atoms with van der Waals surface area (Å²) in [6, 6.07) is 9.44. The van der Waals surface area contributed by atoms with Gasteiger partial charge >= 0.3 is 18.0 Å². The lowest BCUT2D eigenvalue weighted by atomic mass is 10.1. The van der Waals surface area contributed by atoms with Crippen LogP contribution in [0.3, 0.4) is 0 Å². The average Bonchev–Trinajstić information content (AvgIpc) is 3.35. The summed E-state index contributed by atoms with van der Waals surface area (Å²) in [4.78, 5) is 35.4. The molecule has 1 amide bonds. The second kappa shape index (κ2) is 8.81. The fourth-order valence-corrected chi connectivity index (χ4v) is 3.50. The van der Waals surface area contributed by atoms with Crippen molar-refractivity contribution in [2.24, 2.45) is 0 Å². The van der Waals surface area contributed by atoms with E-state index in [-0.39, 0.29) is 36.6 Å². The highest BCUT2D eigenvalue weighted by Gasteiger charge is 2.39. The Hall–Kier alpha value is -4.47. The van der Waals surface area contributed by atoms with E-state index in [2.05, 4.69) is 19.6 Å². The van der Waals surface area contributed by atoms with E-state index < -0.39 is 30.0 Å². The number of nitriles is 1. The van der Waals surface area contributed by atoms with Gasteiger partial charge in [-0.15, -0.1) is 0 Å². The number of amides is 1. The summed E-state index contributed by atoms with van der Waals surface area (Å²) >= 11 is 0. The SMILES string of the molecule is N#Cc1ccc(N2CCN(C(=O)c3cccc(-c4noc(C(F)(F)F)n4)c3)C(C(=O)O)C2)nc1. The smallest absolute Gasteiger partial charge is 0.471 e. The van der Waals surface area contributed by atoms with E-state index in [1.165, 1.54) is 35.4 Å². The number of piperazine rings is 1. The first-order valence-electron chi connectivity index (χ1n) is 9.83. The molecular weight excluding hydrogens is 457 g/mol. The topological polar surface area (TPSA) is 136 Å². The van der Waals surface area contributed by atoms with Crippen LogP contribution in [0.1, 0.15) is 21.8 Å². The zero-order valence-electron chi connectivity index (χ0n) is 17.2. The lowest BCUT2D eigenvalue weighted by molar-refractivity contribution is -0.159. The Kier molecular flexibility index (Phi) is 5.89. The molecule has 0 aliphatic carbocycles. The van der Waals surface area contributed by atoms with E-state index in [1.807, 2.05) is 6.07 Å². The van der Waals surface area contributed by atoms with Gasteiger partial charge in [-0.1, -0.05) is 17.3 Å². The predicted octanol–water partition coefficient (Wildman–Crippen LogP) is 2.44. The Morgan fingerprint density at radius 1 is 1.21 bits per heavy atom. The van der Waals surface area contributed by atoms with Crippen LogP contribution in [0.5, 0.6) is 0 Å². The van der Waals surface area contributed by atoms with Crippen LogP contribution in [0.2, 0.25) is 0 Å². The fourth-order valence-electron chi connectivity index (χ4n) is 3.50. The fraction of sp³-hybridized carbons (Fsp3) is 0.238. The zero-order valence-corrected chi connectivity index (χ0v) is 17.2. The molecule has 1 aliphatic heterocycles. The minimum atomic E-state index is -4.81. The van der Waals surface area contributed by atoms with Crippen molar-refractivity contribution in [1.29, 1.82) is 5.26 Å². The van der Waals surface area contributed by atoms with Gasteiger partial charge in [-0.3, -0.25) is 4.79 Å². The van der Waals surface area contributed by atoms with Crippen molar-refractivity contribution in [2.75, 3.05) is 24.5 Å². The van der Waals surface area contributed by atoms with E-state index in [1.54, 1.807) is 17.0 Å². The van der Waals surface area contributed by atoms with Gasteiger partial charge in [-0.25, -0.2) is 9.78 Å². The van der Waals surface area contributed by atoms with Gasteiger partial charge in [0.25, 0.3) is 5.91 Å². The number of rotatable bonds is 4. The van der Waals surface area contributed by atoms with Gasteiger partial charge in [0.15, 0.2) is 0 Å². The lowest BCUT2D eigenvalue weighted by Crippen LogP contribution is -2.58. The summed E-state index contributed by atoms with van der Waals surface area (Å²) in [5, 5.41) is 21.9. The summed E-state index contributed by atoms with van der Waals surface area (Å²) in [6.07, 6.45) is -3.44. The molecule has 10 nitrogen and oxygen atoms in total. The van der Waals surface area contributed by atoms with E-state index in [0.717, 1.165) is 0 Å². The van der Waals surface area contributed by atoms with Gasteiger partial charge < -0.3 is 19.4 Å². The van der Waals surface area contributed by atoms with E-state index >= 15 is 0 Å². The van der Waals surface area contributed by atoms with Gasteiger partial charge in [-0.05, 0) is 24.3 Å². The van der Waals surface area contributed by atoms with Gasteiger partial charge in [0.1, 0.15) is 17.9 Å². The molecule has 1 N–H and O–H groups in total. The van der Waals surface area contributed by atoms with Crippen LogP contribution in [0.4, 0.5) is 19.0 Å². The summed E-state index contributed by atoms with van der Waals surface area (Å²) in [6.45, 7) is 0.301. The molecule has 1 unspecified atom stereocenters. The van der Waals surface area contributed by atoms with Crippen molar-refractivity contribution in [1.82, 2.24) is 20.0 Å². The number of alkyl halides is 3. The molecule has 3 aromatic rings. The molecule has 1 saturated heterocycles. The van der Waals surface area contributed by atoms with Crippen LogP contribution in [-0.4, -0.2) is 62.7 Å². The van der Waals surface area contributed by atoms with Gasteiger partial charge in [-0.2, -0.15) is 23.4 Å². The first kappa shape index (κ1) is 22.7. The Morgan fingerprint density at radius 2 is 2.00 bits per heavy atom. The second-order valence-corrected chi connectivity index (χ2v) is 7.32. The van der Waals surface area contributed by atoms with Gasteiger partial charge in [0, 0.05) is 30.4 Å². The van der Waals surface area contributed by atoms with E-state index in [9.17, 15) is 27.9 Å². The highest BCUT2D eigenvalue weighted by molar-refractivity contribution is 5.98. The number of hydrogen-bond acceptors (Lipinski definition) is 8. The largest absolute Gasteiger partial charge is 0.480 e. The third-order valence-corrected chi connectivity index (χ3v) is 5.16. The number of anilines is 1. The predicted molar refractivity (Wildman–Crippen MR) is 108 cm³/mol. The normalized spacial score (nSPS) is 16.2. The van der Waals surface area contributed by atoms with Crippen LogP contribution in [0, 0.1) is 11.3 Å². The molecule has 1 aliphatic rings. The molecule has 0 spiro atoms. The van der Waals surface area contributed by atoms with Crippen LogP contribution < -0.4 is 4.90 Å². The minimum Gasteiger partial charge on any atom is -0.480 e. The van der Waals surface area contributed by atoms with Gasteiger partial charge in [0.05, 0.1) is 12.1 Å². The van der Waals surface area contributed by atoms with Crippen LogP contribution >= 0.6 is 0 Å². The molecule has 13 heteroatoms. The molecule has 0 radical (unpaired) electrons. The number of carboxylic acid groups (broad SMARTS) is 1. The molecule has 3 heterocycles. The van der Waals surface area contributed by atoms with Crippen LogP contribution in [-0.2, 0) is 11.0 Å². The van der Waals surface area contributed by atoms with Crippen LogP contribution in [0.15, 0.2) is 47.1 Å². The Labute approximate surface area is 189 Å². The molecule has 1 fully saturated rings. The number of pyridine rings is 1. The van der Waals surface area contributed by atoms with Crippen molar-refractivity contribution < 1.29 is 32.4 Å². The molecule has 1 aromatic carbocycles. The third-order valence-electron chi connectivity index (χ3n) is 5.16. The second-order valence-electron chi connectivity index (χ2n) is 7.32. The molecule has 0 bridgehead atoms. The molecule has 2 aromatic heterocycles. The highest BCUT2D eigenvalue weighted by atomic mass is 19.4. The van der Waals surface area contributed by atoms with Crippen molar-refractivity contribution >= 4 is 17.7 Å². The summed E-state index contributed by atoms with van der Waals surface area (Å²) < 4.78 is 42.5. The number of aromatic nitrogens is 3. The minimum absolute atomic E-state index is 0.0422. The number of benzene rings is 1. The van der Waals surface area contributed by atoms with Crippen molar-refractivity contribution in [3.63, 3.8) is 0 Å². The quantitative estimate of drug-likeness (QED) is 0.607. The molecule has 174 valence electrons. The Morgan fingerprint density at radius 3 is 2.62 bits per heavy atom. The standard InChI is InChI=1S/C21H15F3N6O4/c22-21(23,24)20-27-17(28-34-20)13-2-1-3-14(8-13)18(31)30-7-6-29(11-15(30)19(32)33)16-5-4-12(9-25)10-26-16/h1-5,8,10,15H,6-7,11H2,(H,32,33). The summed E-state index contributed by atoms with van der Waals surface area (Å²) in [7, 11) is 0. The number of carboxylic acids is 1. The maximum Gasteiger partial charge on any atom is 0.471 e. The average molecular weight is 472 g/mol. The molecule has 34 heavy (non-hydrogen) atoms. The maximum atomic E-state index is 13.1. The van der Waals surface area contributed by atoms with Crippen LogP contribution in [0.25, 0.3) is 11.4 Å². The number of hydrogen-bond donors (Lipinski definition) is 1. The number of carbonyl (C=O) groups excluding carboxylic acids is 1. The highest BCUT2D eigenvalue weighted by Crippen LogP contribution is 2.30.